The lowest BCUT2D eigenvalue weighted by atomic mass is 10.8. The summed E-state index contributed by atoms with van der Waals surface area (Å²) in [6.45, 7) is 0.505. The third kappa shape index (κ3) is 0.395. The van der Waals surface area contributed by atoms with Crippen molar-refractivity contribution in [3.05, 3.63) is 0 Å². The quantitative estimate of drug-likeness (QED) is 0.350. The molecule has 0 aromatic rings. The van der Waals surface area contributed by atoms with E-state index in [0.29, 0.717) is 6.61 Å². The molecule has 0 aliphatic carbocycles. The van der Waals surface area contributed by atoms with Gasteiger partial charge in [-0.25, -0.2) is 4.79 Å². The van der Waals surface area contributed by atoms with Crippen molar-refractivity contribution in [2.45, 2.75) is 5.85 Å². The van der Waals surface area contributed by atoms with E-state index in [9.17, 15) is 4.79 Å². The Morgan fingerprint density at radius 2 is 2.71 bits per heavy atom. The number of carbonyl (C=O) groups is 1. The summed E-state index contributed by atoms with van der Waals surface area (Å²) in [6.07, 6.45) is 0. The number of cyclic esters (lactones) is 1. The van der Waals surface area contributed by atoms with Crippen LogP contribution in [-0.4, -0.2) is 18.2 Å². The van der Waals surface area contributed by atoms with Crippen LogP contribution in [0.25, 0.3) is 0 Å². The van der Waals surface area contributed by atoms with Crippen LogP contribution in [0.1, 0.15) is 0 Å². The minimum atomic E-state index is -0.721. The van der Waals surface area contributed by atoms with Crippen LogP contribution in [0.15, 0.2) is 0 Å². The highest BCUT2D eigenvalue weighted by Gasteiger charge is 2.53. The molecule has 2 unspecified atom stereocenters. The fourth-order valence-corrected chi connectivity index (χ4v) is 1.71. The molecule has 2 fully saturated rings. The average Bonchev–Trinajstić information content (AvgIpc) is 2.33. The number of hydrogen-bond donors (Lipinski definition) is 0. The van der Waals surface area contributed by atoms with E-state index < -0.39 is 8.15 Å². The molecule has 0 aromatic heterocycles. The van der Waals surface area contributed by atoms with Crippen LogP contribution in [0.5, 0.6) is 0 Å². The number of carbonyl (C=O) groups excluding carboxylic acids is 1. The van der Waals surface area contributed by atoms with Gasteiger partial charge in [-0.3, -0.25) is 0 Å². The zero-order valence-electron chi connectivity index (χ0n) is 3.46. The topological polar surface area (TPSA) is 38.8 Å². The van der Waals surface area contributed by atoms with Crippen molar-refractivity contribution in [3.8, 4) is 0 Å². The molecular weight excluding hydrogens is 115 g/mol. The Kier molecular flexibility index (Phi) is 0.536. The minimum absolute atomic E-state index is 0.125. The molecule has 38 valence electrons. The van der Waals surface area contributed by atoms with Crippen molar-refractivity contribution in [1.29, 1.82) is 0 Å². The summed E-state index contributed by atoms with van der Waals surface area (Å²) in [5, 5.41) is 0. The lowest BCUT2D eigenvalue weighted by Gasteiger charge is -1.88. The average molecular weight is 118 g/mol. The zero-order chi connectivity index (χ0) is 4.85. The van der Waals surface area contributed by atoms with E-state index in [4.69, 9.17) is 4.52 Å². The normalized spacial score (nSPS) is 45.4. The van der Waals surface area contributed by atoms with Crippen LogP contribution in [0.2, 0.25) is 0 Å². The van der Waals surface area contributed by atoms with E-state index >= 15 is 0 Å². The maximum Gasteiger partial charge on any atom is 0.357 e. The Balaban J connectivity index is 2.21. The van der Waals surface area contributed by atoms with Crippen molar-refractivity contribution in [2.24, 2.45) is 0 Å². The highest BCUT2D eigenvalue weighted by molar-refractivity contribution is 7.76. The molecule has 2 aliphatic rings. The smallest absolute Gasteiger partial charge is 0.357 e. The Labute approximate surface area is 41.4 Å². The van der Waals surface area contributed by atoms with E-state index in [1.807, 2.05) is 0 Å². The molecule has 2 heterocycles. The molecule has 0 radical (unpaired) electrons. The van der Waals surface area contributed by atoms with Crippen molar-refractivity contribution in [1.82, 2.24) is 0 Å². The molecule has 2 atom stereocenters. The summed E-state index contributed by atoms with van der Waals surface area (Å²) in [4.78, 5) is 10.3. The third-order valence-electron chi connectivity index (χ3n) is 0.981. The van der Waals surface area contributed by atoms with Crippen molar-refractivity contribution < 1.29 is 14.1 Å². The molecule has 2 saturated heterocycles. The third-order valence-corrected chi connectivity index (χ3v) is 2.52. The molecule has 0 spiro atoms. The molecule has 0 aromatic carbocycles. The molecule has 2 rings (SSSR count). The molecule has 7 heavy (non-hydrogen) atoms. The zero-order valence-corrected chi connectivity index (χ0v) is 4.35. The number of fused-ring (bicyclic) bond motifs is 1. The van der Waals surface area contributed by atoms with Gasteiger partial charge in [0.25, 0.3) is 0 Å². The summed E-state index contributed by atoms with van der Waals surface area (Å²) >= 11 is 0. The van der Waals surface area contributed by atoms with Crippen molar-refractivity contribution in [3.63, 3.8) is 0 Å². The lowest BCUT2D eigenvalue weighted by molar-refractivity contribution is 0.160. The molecule has 0 N–H and O–H groups in total. The second kappa shape index (κ2) is 0.984. The predicted octanol–water partition coefficient (Wildman–Crippen LogP) is 0.890. The first-order chi connectivity index (χ1) is 3.38. The van der Waals surface area contributed by atoms with Crippen LogP contribution in [-0.2, 0) is 9.26 Å². The summed E-state index contributed by atoms with van der Waals surface area (Å²) in [5.74, 6) is 0.183. The van der Waals surface area contributed by atoms with E-state index in [1.165, 1.54) is 0 Å². The van der Waals surface area contributed by atoms with Crippen LogP contribution in [0.4, 0.5) is 4.79 Å². The molecule has 2 aliphatic heterocycles. The van der Waals surface area contributed by atoms with Gasteiger partial charge in [-0.2, -0.15) is 0 Å². The van der Waals surface area contributed by atoms with E-state index in [1.54, 1.807) is 0 Å². The SMILES string of the molecule is O=C1OCC2OP12. The van der Waals surface area contributed by atoms with Gasteiger partial charge in [0.1, 0.15) is 6.61 Å². The Hall–Kier alpha value is -0.140. The summed E-state index contributed by atoms with van der Waals surface area (Å²) in [6, 6.07) is 0. The Morgan fingerprint density at radius 1 is 1.86 bits per heavy atom. The summed E-state index contributed by atoms with van der Waals surface area (Å²) in [7, 11) is -0.721. The van der Waals surface area contributed by atoms with Crippen LogP contribution in [0.3, 0.4) is 0 Å². The Bertz CT molecular complexity index is 123. The lowest BCUT2D eigenvalue weighted by Crippen LogP contribution is -1.93. The fraction of sp³-hybridized carbons (Fsp3) is 0.667. The van der Waals surface area contributed by atoms with Gasteiger partial charge in [-0.1, -0.05) is 0 Å². The van der Waals surface area contributed by atoms with E-state index in [2.05, 4.69) is 4.74 Å². The van der Waals surface area contributed by atoms with Gasteiger partial charge in [0.05, 0.1) is 0 Å². The highest BCUT2D eigenvalue weighted by atomic mass is 31.2. The largest absolute Gasteiger partial charge is 0.458 e. The van der Waals surface area contributed by atoms with Crippen molar-refractivity contribution >= 4 is 13.9 Å². The molecular formula is C3H3O3P. The van der Waals surface area contributed by atoms with E-state index in [-0.39, 0.29) is 11.6 Å². The number of rotatable bonds is 0. The second-order valence-corrected chi connectivity index (χ2v) is 3.27. The van der Waals surface area contributed by atoms with Crippen molar-refractivity contribution in [2.75, 3.05) is 6.61 Å². The Morgan fingerprint density at radius 3 is 2.86 bits per heavy atom. The molecule has 3 nitrogen and oxygen atoms in total. The highest BCUT2D eigenvalue weighted by Crippen LogP contribution is 2.66. The van der Waals surface area contributed by atoms with Gasteiger partial charge in [-0.15, -0.1) is 0 Å². The van der Waals surface area contributed by atoms with Crippen LogP contribution < -0.4 is 0 Å². The van der Waals surface area contributed by atoms with Gasteiger partial charge >= 0.3 is 5.71 Å². The van der Waals surface area contributed by atoms with Crippen LogP contribution in [0, 0.1) is 0 Å². The van der Waals surface area contributed by atoms with Gasteiger partial charge in [0.2, 0.25) is 0 Å². The first-order valence-corrected chi connectivity index (χ1v) is 3.33. The van der Waals surface area contributed by atoms with Gasteiger partial charge in [-0.05, 0) is 0 Å². The standard InChI is InChI=1S/C3H3O3P/c4-3-5-1-2-6-7(2)3/h2H,1H2. The van der Waals surface area contributed by atoms with Gasteiger partial charge in [0, 0.05) is 0 Å². The van der Waals surface area contributed by atoms with E-state index in [0.717, 1.165) is 0 Å². The number of hydrogen-bond acceptors (Lipinski definition) is 3. The van der Waals surface area contributed by atoms with Gasteiger partial charge in [0.15, 0.2) is 14.0 Å². The summed E-state index contributed by atoms with van der Waals surface area (Å²) in [5.41, 5.74) is -0.125. The minimum Gasteiger partial charge on any atom is -0.458 e. The predicted molar refractivity (Wildman–Crippen MR) is 23.1 cm³/mol. The fourth-order valence-electron chi connectivity index (χ4n) is 0.569. The molecule has 0 bridgehead atoms. The molecule has 0 saturated carbocycles. The summed E-state index contributed by atoms with van der Waals surface area (Å²) < 4.78 is 9.44. The van der Waals surface area contributed by atoms with Crippen LogP contribution >= 0.6 is 8.15 Å². The second-order valence-electron chi connectivity index (χ2n) is 1.46. The number of ether oxygens (including phenoxy) is 1. The maximum absolute atomic E-state index is 10.3. The maximum atomic E-state index is 10.3. The first kappa shape index (κ1) is 3.81. The monoisotopic (exact) mass is 118 g/mol. The molecule has 4 heteroatoms. The molecule has 0 amide bonds. The van der Waals surface area contributed by atoms with Gasteiger partial charge < -0.3 is 9.26 Å². The first-order valence-electron chi connectivity index (χ1n) is 2.01.